The van der Waals surface area contributed by atoms with Crippen molar-refractivity contribution in [2.24, 2.45) is 34.1 Å². The molecule has 2 saturated carbocycles. The van der Waals surface area contributed by atoms with Gasteiger partial charge < -0.3 is 10.4 Å². The topological polar surface area (TPSA) is 74.6 Å². The molecule has 0 spiro atoms. The van der Waals surface area contributed by atoms with Gasteiger partial charge in [0.1, 0.15) is 5.75 Å². The number of aromatic nitrogens is 1. The van der Waals surface area contributed by atoms with E-state index in [0.717, 1.165) is 37.1 Å². The van der Waals surface area contributed by atoms with E-state index in [2.05, 4.69) is 37.1 Å². The van der Waals surface area contributed by atoms with Crippen LogP contribution in [0.3, 0.4) is 0 Å². The van der Waals surface area contributed by atoms with Crippen molar-refractivity contribution in [3.8, 4) is 5.75 Å². The van der Waals surface area contributed by atoms with Crippen LogP contribution in [0, 0.1) is 36.0 Å². The molecule has 2 fully saturated rings. The summed E-state index contributed by atoms with van der Waals surface area (Å²) in [6, 6.07) is 6.01. The van der Waals surface area contributed by atoms with Crippen LogP contribution < -0.4 is 5.32 Å². The van der Waals surface area contributed by atoms with Gasteiger partial charge in [0, 0.05) is 35.2 Å². The summed E-state index contributed by atoms with van der Waals surface area (Å²) in [4.78, 5) is 23.4. The Balaban J connectivity index is 1.38. The van der Waals surface area contributed by atoms with Gasteiger partial charge in [-0.2, -0.15) is 0 Å². The molecule has 3 aliphatic rings. The monoisotopic (exact) mass is 493 g/mol. The Hall–Kier alpha value is -2.21. The van der Waals surface area contributed by atoms with Crippen LogP contribution in [0.25, 0.3) is 0 Å². The van der Waals surface area contributed by atoms with E-state index in [1.165, 1.54) is 41.0 Å². The second kappa shape index (κ2) is 9.68. The molecule has 0 saturated heterocycles. The van der Waals surface area contributed by atoms with E-state index in [-0.39, 0.29) is 11.3 Å². The molecule has 1 heterocycles. The van der Waals surface area contributed by atoms with Crippen molar-refractivity contribution in [2.45, 2.75) is 78.6 Å². The predicted molar refractivity (Wildman–Crippen MR) is 143 cm³/mol. The van der Waals surface area contributed by atoms with Crippen molar-refractivity contribution in [3.05, 3.63) is 40.4 Å². The number of phenols is 1. The zero-order valence-corrected chi connectivity index (χ0v) is 22.3. The largest absolute Gasteiger partial charge is 0.508 e. The maximum atomic E-state index is 12.8. The molecule has 5 nitrogen and oxygen atoms in total. The molecule has 0 bridgehead atoms. The minimum absolute atomic E-state index is 0.0745. The molecule has 5 rings (SSSR count). The zero-order valence-electron chi connectivity index (χ0n) is 21.5. The van der Waals surface area contributed by atoms with Gasteiger partial charge in [-0.25, -0.2) is 4.98 Å². The summed E-state index contributed by atoms with van der Waals surface area (Å²) in [5, 5.41) is 13.7. The number of anilines is 1. The Morgan fingerprint density at radius 2 is 2.17 bits per heavy atom. The van der Waals surface area contributed by atoms with Crippen LogP contribution in [0.15, 0.2) is 29.4 Å². The van der Waals surface area contributed by atoms with E-state index in [0.29, 0.717) is 46.9 Å². The highest BCUT2D eigenvalue weighted by Gasteiger charge is 2.57. The first-order chi connectivity index (χ1) is 16.7. The molecule has 1 aromatic heterocycles. The highest BCUT2D eigenvalue weighted by Crippen LogP contribution is 2.62. The zero-order chi connectivity index (χ0) is 24.7. The first kappa shape index (κ1) is 24.5. The third kappa shape index (κ3) is 4.78. The van der Waals surface area contributed by atoms with Gasteiger partial charge in [0.15, 0.2) is 5.13 Å². The summed E-state index contributed by atoms with van der Waals surface area (Å²) in [6.45, 7) is 9.85. The molecule has 0 aliphatic heterocycles. The fourth-order valence-electron chi connectivity index (χ4n) is 7.36. The van der Waals surface area contributed by atoms with E-state index in [4.69, 9.17) is 4.99 Å². The molecular weight excluding hydrogens is 454 g/mol. The second-order valence-corrected chi connectivity index (χ2v) is 12.9. The maximum absolute atomic E-state index is 12.8. The van der Waals surface area contributed by atoms with E-state index >= 15 is 0 Å². The number of aromatic hydroxyl groups is 1. The number of benzene rings is 1. The van der Waals surface area contributed by atoms with Crippen molar-refractivity contribution in [1.29, 1.82) is 0 Å². The van der Waals surface area contributed by atoms with Crippen LogP contribution in [0.4, 0.5) is 5.13 Å². The van der Waals surface area contributed by atoms with Crippen molar-refractivity contribution in [2.75, 3.05) is 11.9 Å². The summed E-state index contributed by atoms with van der Waals surface area (Å²) in [7, 11) is 0. The number of carbonyl (C=O) groups excluding carboxylic acids is 1. The molecule has 5 atom stereocenters. The van der Waals surface area contributed by atoms with Crippen molar-refractivity contribution < 1.29 is 9.90 Å². The number of carbonyl (C=O) groups is 1. The molecule has 3 unspecified atom stereocenters. The molecule has 1 aromatic carbocycles. The van der Waals surface area contributed by atoms with Gasteiger partial charge in [0.25, 0.3) is 0 Å². The van der Waals surface area contributed by atoms with E-state index in [1.807, 2.05) is 25.3 Å². The summed E-state index contributed by atoms with van der Waals surface area (Å²) in [5.41, 5.74) is 4.32. The average molecular weight is 494 g/mol. The molecule has 35 heavy (non-hydrogen) atoms. The fraction of sp³-hybridized carbons (Fsp3) is 0.621. The number of amides is 1. The number of nitrogens with zero attached hydrogens (tertiary/aromatic N) is 2. The number of hydrogen-bond donors (Lipinski definition) is 2. The molecule has 2 aromatic rings. The van der Waals surface area contributed by atoms with Crippen LogP contribution in [-0.2, 0) is 11.2 Å². The number of phenolic OH excluding ortho intramolecular Hbond substituents is 1. The number of rotatable bonds is 6. The number of aryl methyl sites for hydroxylation is 2. The van der Waals surface area contributed by atoms with Gasteiger partial charge >= 0.3 is 0 Å². The first-order valence-corrected chi connectivity index (χ1v) is 14.1. The Morgan fingerprint density at radius 3 is 2.91 bits per heavy atom. The lowest BCUT2D eigenvalue weighted by atomic mass is 9.54. The highest BCUT2D eigenvalue weighted by atomic mass is 32.1. The van der Waals surface area contributed by atoms with Gasteiger partial charge in [-0.3, -0.25) is 9.79 Å². The third-order valence-electron chi connectivity index (χ3n) is 8.84. The minimum atomic E-state index is 0.0745. The fourth-order valence-corrected chi connectivity index (χ4v) is 8.04. The van der Waals surface area contributed by atoms with Crippen LogP contribution in [0.5, 0.6) is 5.75 Å². The molecular formula is C29H39N3O2S. The highest BCUT2D eigenvalue weighted by molar-refractivity contribution is 7.15. The summed E-state index contributed by atoms with van der Waals surface area (Å²) in [5.74, 6) is 3.23. The van der Waals surface area contributed by atoms with Crippen molar-refractivity contribution >= 4 is 28.1 Å². The Kier molecular flexibility index (Phi) is 6.77. The second-order valence-electron chi connectivity index (χ2n) is 11.7. The third-order valence-corrected chi connectivity index (χ3v) is 9.67. The molecule has 3 aliphatic carbocycles. The van der Waals surface area contributed by atoms with Crippen LogP contribution >= 0.6 is 11.3 Å². The smallest absolute Gasteiger partial charge is 0.226 e. The lowest BCUT2D eigenvalue weighted by molar-refractivity contribution is -0.116. The number of nitrogens with one attached hydrogen (secondary N) is 1. The lowest BCUT2D eigenvalue weighted by Crippen LogP contribution is -2.44. The minimum Gasteiger partial charge on any atom is -0.508 e. The Morgan fingerprint density at radius 1 is 1.34 bits per heavy atom. The van der Waals surface area contributed by atoms with Gasteiger partial charge in [-0.1, -0.05) is 26.8 Å². The maximum Gasteiger partial charge on any atom is 0.226 e. The predicted octanol–water partition coefficient (Wildman–Crippen LogP) is 6.76. The number of thiazole rings is 1. The quantitative estimate of drug-likeness (QED) is 0.467. The number of hydrogen-bond acceptors (Lipinski definition) is 5. The normalized spacial score (nSPS) is 30.7. The number of aliphatic imine (C=N–C) groups is 1. The average Bonchev–Trinajstić information content (AvgIpc) is 3.35. The van der Waals surface area contributed by atoms with Crippen LogP contribution in [0.1, 0.15) is 81.2 Å². The number of fused-ring (bicyclic) bond motifs is 5. The van der Waals surface area contributed by atoms with Crippen LogP contribution in [-0.4, -0.2) is 28.3 Å². The molecule has 2 N–H and O–H groups in total. The van der Waals surface area contributed by atoms with E-state index < -0.39 is 0 Å². The molecule has 6 heteroatoms. The summed E-state index contributed by atoms with van der Waals surface area (Å²) < 4.78 is 0. The summed E-state index contributed by atoms with van der Waals surface area (Å²) in [6.07, 6.45) is 8.83. The van der Waals surface area contributed by atoms with Crippen molar-refractivity contribution in [1.82, 2.24) is 4.98 Å². The molecule has 1 amide bonds. The molecule has 0 radical (unpaired) electrons. The van der Waals surface area contributed by atoms with Crippen LogP contribution in [0.2, 0.25) is 0 Å². The molecule has 188 valence electrons. The standard InChI is InChI=1S/C29H39N3O2S/c1-17(2)15-30-25-14-20(6-10-26(34)32-28-31-16-18(3)35-28)27-24-8-5-19-13-21(33)7-9-22(19)23(24)11-12-29(25,27)4/h7,9,13,16-17,20,23-24,27,33H,5-6,8,10-12,14-15H2,1-4H3,(H,31,32,34)/t20-,23?,24?,27?,29-/m1/s1. The Bertz CT molecular complexity index is 1120. The summed E-state index contributed by atoms with van der Waals surface area (Å²) >= 11 is 1.53. The van der Waals surface area contributed by atoms with E-state index in [9.17, 15) is 9.90 Å². The van der Waals surface area contributed by atoms with E-state index in [1.54, 1.807) is 0 Å². The van der Waals surface area contributed by atoms with Crippen molar-refractivity contribution in [3.63, 3.8) is 0 Å². The lowest BCUT2D eigenvalue weighted by Gasteiger charge is -2.50. The Labute approximate surface area is 213 Å². The van der Waals surface area contributed by atoms with Gasteiger partial charge in [0.05, 0.1) is 0 Å². The van der Waals surface area contributed by atoms with Gasteiger partial charge in [0.2, 0.25) is 5.91 Å². The van der Waals surface area contributed by atoms with Gasteiger partial charge in [-0.05, 0) is 98.3 Å². The van der Waals surface area contributed by atoms with Gasteiger partial charge in [-0.15, -0.1) is 11.3 Å². The first-order valence-electron chi connectivity index (χ1n) is 13.3. The SMILES string of the molecule is Cc1cnc(NC(=O)CC[C@@H]2CC(=NCC(C)C)[C@@]3(C)CCC4c5ccc(O)cc5CCC4C23)s1.